The number of rotatable bonds is 7. The Labute approximate surface area is 163 Å². The molecule has 0 bridgehead atoms. The minimum Gasteiger partial charge on any atom is -0.480 e. The van der Waals surface area contributed by atoms with Crippen molar-refractivity contribution in [3.63, 3.8) is 0 Å². The second-order valence-corrected chi connectivity index (χ2v) is 6.63. The summed E-state index contributed by atoms with van der Waals surface area (Å²) >= 11 is 0. The van der Waals surface area contributed by atoms with Gasteiger partial charge in [-0.15, -0.1) is 0 Å². The molecule has 8 nitrogen and oxygen atoms in total. The van der Waals surface area contributed by atoms with Crippen LogP contribution in [0.25, 0.3) is 0 Å². The third-order valence-corrected chi connectivity index (χ3v) is 4.30. The van der Waals surface area contributed by atoms with Crippen LogP contribution in [-0.2, 0) is 9.53 Å². The van der Waals surface area contributed by atoms with Crippen LogP contribution in [0, 0.1) is 0 Å². The van der Waals surface area contributed by atoms with Crippen molar-refractivity contribution in [2.45, 2.75) is 6.10 Å². The lowest BCUT2D eigenvalue weighted by Crippen LogP contribution is -2.49. The second-order valence-electron chi connectivity index (χ2n) is 6.63. The van der Waals surface area contributed by atoms with Crippen LogP contribution in [0.5, 0.6) is 11.6 Å². The molecular formula is C20H23N3O5. The van der Waals surface area contributed by atoms with Crippen molar-refractivity contribution >= 4 is 11.9 Å². The first kappa shape index (κ1) is 19.8. The summed E-state index contributed by atoms with van der Waals surface area (Å²) in [5.74, 6) is 0.0663. The summed E-state index contributed by atoms with van der Waals surface area (Å²) in [5.41, 5.74) is 0.472. The Morgan fingerprint density at radius 1 is 1.29 bits per heavy atom. The van der Waals surface area contributed by atoms with E-state index in [-0.39, 0.29) is 18.6 Å². The number of benzene rings is 1. The molecule has 1 aliphatic rings. The number of carbonyl (C=O) groups is 2. The molecule has 1 aliphatic heterocycles. The van der Waals surface area contributed by atoms with Gasteiger partial charge in [-0.05, 0) is 25.2 Å². The summed E-state index contributed by atoms with van der Waals surface area (Å²) in [6.45, 7) is 1.68. The Morgan fingerprint density at radius 3 is 2.75 bits per heavy atom. The number of likely N-dealkylation sites (N-methyl/N-ethyl adjacent to an activating group) is 1. The molecule has 1 atom stereocenters. The van der Waals surface area contributed by atoms with Gasteiger partial charge < -0.3 is 19.5 Å². The van der Waals surface area contributed by atoms with Gasteiger partial charge in [0.15, 0.2) is 0 Å². The highest BCUT2D eigenvalue weighted by atomic mass is 16.5. The van der Waals surface area contributed by atoms with E-state index in [0.717, 1.165) is 0 Å². The van der Waals surface area contributed by atoms with Gasteiger partial charge in [0, 0.05) is 31.9 Å². The third-order valence-electron chi connectivity index (χ3n) is 4.30. The minimum absolute atomic E-state index is 0.0688. The first-order chi connectivity index (χ1) is 13.5. The molecule has 8 heteroatoms. The Morgan fingerprint density at radius 2 is 2.07 bits per heavy atom. The van der Waals surface area contributed by atoms with Gasteiger partial charge >= 0.3 is 5.97 Å². The SMILES string of the molecule is CN(CC(=O)O)CC1CN(C(=O)c2ccc(Oc3ccccc3)nc2)CCO1. The number of carbonyl (C=O) groups excluding carboxylic acids is 1. The highest BCUT2D eigenvalue weighted by Crippen LogP contribution is 2.19. The van der Waals surface area contributed by atoms with Gasteiger partial charge in [0.2, 0.25) is 5.88 Å². The molecule has 0 saturated carbocycles. The summed E-state index contributed by atoms with van der Waals surface area (Å²) < 4.78 is 11.3. The fourth-order valence-corrected chi connectivity index (χ4v) is 3.02. The zero-order valence-electron chi connectivity index (χ0n) is 15.7. The Balaban J connectivity index is 1.57. The first-order valence-electron chi connectivity index (χ1n) is 9.01. The topological polar surface area (TPSA) is 92.2 Å². The van der Waals surface area contributed by atoms with Gasteiger partial charge in [-0.3, -0.25) is 14.5 Å². The second kappa shape index (κ2) is 9.29. The summed E-state index contributed by atoms with van der Waals surface area (Å²) in [5, 5.41) is 8.85. The molecule has 1 aromatic carbocycles. The van der Waals surface area contributed by atoms with Crippen LogP contribution in [0.3, 0.4) is 0 Å². The Kier molecular flexibility index (Phi) is 6.57. The van der Waals surface area contributed by atoms with E-state index in [0.29, 0.717) is 43.4 Å². The van der Waals surface area contributed by atoms with Gasteiger partial charge in [0.25, 0.3) is 5.91 Å². The normalized spacial score (nSPS) is 16.8. The van der Waals surface area contributed by atoms with Gasteiger partial charge in [0.1, 0.15) is 5.75 Å². The van der Waals surface area contributed by atoms with E-state index in [2.05, 4.69) is 4.98 Å². The van der Waals surface area contributed by atoms with Crippen molar-refractivity contribution in [1.82, 2.24) is 14.8 Å². The highest BCUT2D eigenvalue weighted by molar-refractivity contribution is 5.94. The largest absolute Gasteiger partial charge is 0.480 e. The van der Waals surface area contributed by atoms with Crippen LogP contribution in [0.4, 0.5) is 0 Å². The Bertz CT molecular complexity index is 797. The molecule has 0 aliphatic carbocycles. The molecular weight excluding hydrogens is 362 g/mol. The summed E-state index contributed by atoms with van der Waals surface area (Å²) in [6.07, 6.45) is 1.28. The molecule has 0 spiro atoms. The van der Waals surface area contributed by atoms with Gasteiger partial charge in [-0.2, -0.15) is 0 Å². The van der Waals surface area contributed by atoms with Crippen molar-refractivity contribution in [3.05, 3.63) is 54.2 Å². The van der Waals surface area contributed by atoms with Crippen LogP contribution >= 0.6 is 0 Å². The number of morpholine rings is 1. The number of amides is 1. The lowest BCUT2D eigenvalue weighted by atomic mass is 10.2. The number of aromatic nitrogens is 1. The number of carboxylic acid groups (broad SMARTS) is 1. The van der Waals surface area contributed by atoms with Crippen molar-refractivity contribution in [1.29, 1.82) is 0 Å². The number of pyridine rings is 1. The smallest absolute Gasteiger partial charge is 0.317 e. The molecule has 28 heavy (non-hydrogen) atoms. The van der Waals surface area contributed by atoms with E-state index >= 15 is 0 Å². The number of para-hydroxylation sites is 1. The average Bonchev–Trinajstić information content (AvgIpc) is 2.68. The molecule has 1 aromatic heterocycles. The zero-order valence-corrected chi connectivity index (χ0v) is 15.7. The number of carboxylic acids is 1. The maximum Gasteiger partial charge on any atom is 0.317 e. The lowest BCUT2D eigenvalue weighted by Gasteiger charge is -2.34. The van der Waals surface area contributed by atoms with E-state index in [9.17, 15) is 9.59 Å². The first-order valence-corrected chi connectivity index (χ1v) is 9.01. The van der Waals surface area contributed by atoms with Crippen molar-refractivity contribution in [3.8, 4) is 11.6 Å². The molecule has 1 unspecified atom stereocenters. The van der Waals surface area contributed by atoms with Crippen LogP contribution < -0.4 is 4.74 Å². The number of aliphatic carboxylic acids is 1. The highest BCUT2D eigenvalue weighted by Gasteiger charge is 2.26. The Hall–Kier alpha value is -2.97. The van der Waals surface area contributed by atoms with Gasteiger partial charge in [-0.1, -0.05) is 18.2 Å². The van der Waals surface area contributed by atoms with E-state index in [1.165, 1.54) is 6.20 Å². The monoisotopic (exact) mass is 385 g/mol. The van der Waals surface area contributed by atoms with Gasteiger partial charge in [0.05, 0.1) is 24.8 Å². The average molecular weight is 385 g/mol. The molecule has 1 amide bonds. The predicted octanol–water partition coefficient (Wildman–Crippen LogP) is 1.73. The predicted molar refractivity (Wildman–Crippen MR) is 102 cm³/mol. The van der Waals surface area contributed by atoms with Crippen molar-refractivity contribution in [2.24, 2.45) is 0 Å². The number of hydrogen-bond donors (Lipinski definition) is 1. The molecule has 148 valence electrons. The molecule has 2 heterocycles. The fourth-order valence-electron chi connectivity index (χ4n) is 3.02. The molecule has 0 radical (unpaired) electrons. The van der Waals surface area contributed by atoms with Crippen LogP contribution in [0.1, 0.15) is 10.4 Å². The number of hydrogen-bond acceptors (Lipinski definition) is 6. The van der Waals surface area contributed by atoms with E-state index < -0.39 is 5.97 Å². The molecule has 3 rings (SSSR count). The maximum atomic E-state index is 12.8. The third kappa shape index (κ3) is 5.51. The van der Waals surface area contributed by atoms with Crippen LogP contribution in [0.15, 0.2) is 48.7 Å². The minimum atomic E-state index is -0.893. The molecule has 1 fully saturated rings. The van der Waals surface area contributed by atoms with E-state index in [1.54, 1.807) is 29.0 Å². The number of ether oxygens (including phenoxy) is 2. The van der Waals surface area contributed by atoms with Gasteiger partial charge in [-0.25, -0.2) is 4.98 Å². The molecule has 1 saturated heterocycles. The summed E-state index contributed by atoms with van der Waals surface area (Å²) in [6, 6.07) is 12.7. The summed E-state index contributed by atoms with van der Waals surface area (Å²) in [7, 11) is 1.72. The van der Waals surface area contributed by atoms with Crippen LogP contribution in [-0.4, -0.2) is 77.7 Å². The standard InChI is InChI=1S/C20H23N3O5/c1-22(14-19(24)25)12-17-13-23(9-10-27-17)20(26)15-7-8-18(21-11-15)28-16-5-3-2-4-6-16/h2-8,11,17H,9-10,12-14H2,1H3,(H,24,25). The van der Waals surface area contributed by atoms with Crippen LogP contribution in [0.2, 0.25) is 0 Å². The zero-order chi connectivity index (χ0) is 19.9. The quantitative estimate of drug-likeness (QED) is 0.776. The fraction of sp³-hybridized carbons (Fsp3) is 0.350. The lowest BCUT2D eigenvalue weighted by molar-refractivity contribution is -0.138. The van der Waals surface area contributed by atoms with E-state index in [1.807, 2.05) is 30.3 Å². The molecule has 1 N–H and O–H groups in total. The van der Waals surface area contributed by atoms with E-state index in [4.69, 9.17) is 14.6 Å². The maximum absolute atomic E-state index is 12.8. The summed E-state index contributed by atoms with van der Waals surface area (Å²) in [4.78, 5) is 31.1. The number of nitrogens with zero attached hydrogens (tertiary/aromatic N) is 3. The van der Waals surface area contributed by atoms with Crippen molar-refractivity contribution < 1.29 is 24.2 Å². The molecule has 2 aromatic rings. The van der Waals surface area contributed by atoms with Crippen molar-refractivity contribution in [2.75, 3.05) is 39.8 Å².